The largest absolute Gasteiger partial charge is 0.357 e. The Kier molecular flexibility index (Phi) is 18.6. The van der Waals surface area contributed by atoms with Crippen molar-refractivity contribution >= 4 is 95.1 Å². The molecule has 0 amide bonds. The number of hydrogen-bond acceptors (Lipinski definition) is 4. The molecule has 0 saturated carbocycles. The molecule has 6 aromatic heterocycles. The minimum atomic E-state index is -1.17. The molecule has 8 heteroatoms. The van der Waals surface area contributed by atoms with Gasteiger partial charge in [-0.1, -0.05) is 329 Å². The van der Waals surface area contributed by atoms with Crippen molar-refractivity contribution in [2.75, 3.05) is 0 Å². The molecule has 4 aliphatic heterocycles. The zero-order chi connectivity index (χ0) is 88.8. The predicted molar refractivity (Wildman–Crippen MR) is 529 cm³/mol. The van der Waals surface area contributed by atoms with E-state index in [0.717, 1.165) is 167 Å². The quantitative estimate of drug-likeness (QED) is 0.133. The fourth-order valence-corrected chi connectivity index (χ4v) is 19.5. The van der Waals surface area contributed by atoms with Gasteiger partial charge in [-0.25, -0.2) is 9.97 Å². The zero-order valence-electron chi connectivity index (χ0n) is 79.4. The number of nitrogens with one attached hydrogen (secondary N) is 4. The van der Waals surface area contributed by atoms with Crippen LogP contribution < -0.4 is 5.36 Å². The zero-order valence-corrected chi connectivity index (χ0v) is 79.4. The van der Waals surface area contributed by atoms with Crippen molar-refractivity contribution in [1.29, 1.82) is 0 Å². The third-order valence-corrected chi connectivity index (χ3v) is 27.4. The molecule has 124 heavy (non-hydrogen) atoms. The first-order valence-corrected chi connectivity index (χ1v) is 45.2. The smallest absolute Gasteiger partial charge is 0.102 e. The number of benzene rings is 8. The molecule has 4 aliphatic rings. The van der Waals surface area contributed by atoms with E-state index in [0.29, 0.717) is 0 Å². The van der Waals surface area contributed by atoms with Crippen molar-refractivity contribution in [3.8, 4) is 11.1 Å². The molecule has 0 atom stereocenters. The van der Waals surface area contributed by atoms with E-state index in [-0.39, 0.29) is 54.1 Å². The van der Waals surface area contributed by atoms with E-state index in [1.54, 1.807) is 0 Å². The average molecular weight is 1630 g/mol. The predicted octanol–water partition coefficient (Wildman–Crippen LogP) is 29.8. The molecule has 18 rings (SSSR count). The maximum absolute atomic E-state index is 6.74. The second-order valence-electron chi connectivity index (χ2n) is 47.1. The molecule has 0 aliphatic carbocycles. The first-order chi connectivity index (χ1) is 57.6. The van der Waals surface area contributed by atoms with Gasteiger partial charge in [-0.15, -0.1) is 0 Å². The topological polar surface area (TPSA) is 114 Å². The van der Waals surface area contributed by atoms with Crippen LogP contribution in [-0.4, -0.2) is 35.6 Å². The summed E-state index contributed by atoms with van der Waals surface area (Å²) in [6.07, 6.45) is 11.6. The summed E-state index contributed by atoms with van der Waals surface area (Å²) >= 11 is 0. The lowest BCUT2D eigenvalue weighted by Crippen LogP contribution is -2.39. The van der Waals surface area contributed by atoms with Gasteiger partial charge < -0.3 is 19.9 Å². The lowest BCUT2D eigenvalue weighted by molar-refractivity contribution is 0.556. The van der Waals surface area contributed by atoms with Gasteiger partial charge in [0, 0.05) is 77.3 Å². The number of aromatic nitrogens is 6. The Bertz CT molecular complexity index is 6860. The number of rotatable bonds is 6. The monoisotopic (exact) mass is 1630 g/mol. The molecule has 0 fully saturated rings. The molecule has 8 nitrogen and oxygen atoms in total. The molecule has 0 unspecified atom stereocenters. The summed E-state index contributed by atoms with van der Waals surface area (Å²) in [5, 5.41) is 5.97. The van der Waals surface area contributed by atoms with Crippen molar-refractivity contribution in [2.45, 2.75) is 273 Å². The fourth-order valence-electron chi connectivity index (χ4n) is 19.5. The van der Waals surface area contributed by atoms with E-state index in [4.69, 9.17) is 20.0 Å². The molecule has 0 saturated heterocycles. The Morgan fingerprint density at radius 2 is 0.758 bits per heavy atom. The highest BCUT2D eigenvalue weighted by molar-refractivity contribution is 6.32. The van der Waals surface area contributed by atoms with Gasteiger partial charge >= 0.3 is 0 Å². The van der Waals surface area contributed by atoms with Crippen LogP contribution in [0.15, 0.2) is 209 Å². The third-order valence-electron chi connectivity index (χ3n) is 27.4. The van der Waals surface area contributed by atoms with Crippen LogP contribution in [0, 0.1) is 0 Å². The van der Waals surface area contributed by atoms with Crippen LogP contribution >= 0.6 is 0 Å². The van der Waals surface area contributed by atoms with Gasteiger partial charge in [0.25, 0.3) is 0 Å². The van der Waals surface area contributed by atoms with Crippen molar-refractivity contribution < 1.29 is 0 Å². The summed E-state index contributed by atoms with van der Waals surface area (Å²) in [7, 11) is 0. The summed E-state index contributed by atoms with van der Waals surface area (Å²) in [5.41, 5.74) is 31.4. The maximum atomic E-state index is 6.74. The van der Waals surface area contributed by atoms with Gasteiger partial charge in [-0.3, -0.25) is 9.98 Å². The minimum absolute atomic E-state index is 0.0240. The fraction of sp³-hybridized carbons (Fsp3) is 0.362. The summed E-state index contributed by atoms with van der Waals surface area (Å²) in [5.74, 6) is 0. The summed E-state index contributed by atoms with van der Waals surface area (Å²) in [4.78, 5) is 42.3. The number of allylic oxidation sites excluding steroid dienone is 3. The van der Waals surface area contributed by atoms with Crippen molar-refractivity contribution in [3.05, 3.63) is 322 Å². The highest BCUT2D eigenvalue weighted by atomic mass is 14.9. The van der Waals surface area contributed by atoms with Crippen LogP contribution in [0.1, 0.15) is 325 Å². The number of fused-ring (bicyclic) bond motifs is 13. The molecular formula is C116H128N8. The lowest BCUT2D eigenvalue weighted by Gasteiger charge is -2.39. The van der Waals surface area contributed by atoms with Crippen molar-refractivity contribution in [3.63, 3.8) is 0 Å². The van der Waals surface area contributed by atoms with Gasteiger partial charge in [0.2, 0.25) is 0 Å². The van der Waals surface area contributed by atoms with E-state index in [1.165, 1.54) is 55.6 Å². The highest BCUT2D eigenvalue weighted by Gasteiger charge is 2.50. The SMILES string of the molecule is CC(C)(C)c1ccc(/C2=C3\C=CC(=N3)C(c3cc(C(C)(C)C)cc(C(C)(C)C)c3)(c3cc(C(C)(C)C)cc(C(C)(C)C)c3)c3cc4c5cc6cc7nc(c(-c8ccc(C(C)(C)C)cc8)c8ccc(cc9cc%10c%11c(c(c4[nH]3)c(c%10n9)c5[nH]6)=NC(=C%11)C(c3cc(C(C)(C)C)cc(C(C)(C)C)c3)(c3cc(C(C)(C)C)cc(C(C)(C)C)c3)c3ccc2[nH]3)[nH]8)C=C7)cc1. The van der Waals surface area contributed by atoms with Crippen molar-refractivity contribution in [1.82, 2.24) is 29.9 Å². The Morgan fingerprint density at radius 3 is 1.23 bits per heavy atom. The van der Waals surface area contributed by atoms with E-state index in [1.807, 2.05) is 0 Å². The molecule has 632 valence electrons. The van der Waals surface area contributed by atoms with Crippen LogP contribution in [0.5, 0.6) is 0 Å². The van der Waals surface area contributed by atoms with Gasteiger partial charge in [-0.05, 0) is 228 Å². The molecule has 14 aromatic rings. The first-order valence-electron chi connectivity index (χ1n) is 45.2. The normalized spacial score (nSPS) is 16.3. The molecule has 4 N–H and O–H groups in total. The minimum Gasteiger partial charge on any atom is -0.357 e. The molecule has 0 radical (unpaired) electrons. The molecule has 10 heterocycles. The Morgan fingerprint density at radius 1 is 0.306 bits per heavy atom. The number of H-pyrrole nitrogens is 4. The number of aliphatic imine (C=N–C) groups is 1. The Hall–Kier alpha value is -11.2. The van der Waals surface area contributed by atoms with Crippen LogP contribution in [0.2, 0.25) is 0 Å². The highest BCUT2D eigenvalue weighted by Crippen LogP contribution is 2.56. The van der Waals surface area contributed by atoms with Gasteiger partial charge in [0.15, 0.2) is 0 Å². The number of hydrogen-bond donors (Lipinski definition) is 4. The van der Waals surface area contributed by atoms with Gasteiger partial charge in [-0.2, -0.15) is 0 Å². The maximum Gasteiger partial charge on any atom is 0.102 e. The second-order valence-corrected chi connectivity index (χ2v) is 47.1. The molecular weight excluding hydrogens is 1510 g/mol. The lowest BCUT2D eigenvalue weighted by atomic mass is 9.64. The third kappa shape index (κ3) is 14.0. The standard InChI is InChI=1S/C116H128N8/c1-105(2,3)67-35-31-65(32-36-67)97-89-41-39-81(117-89)59-83-61-85-87-63-95-115(77-51-69(107(7,8)9)47-70(52-77)108(10,11)12,78-53-71(109(13,14)15)48-72(54-78)110(16,17)18)93-45-43-91(121-93)98(66-33-37-68(38-34-66)106(4,5)6)92-44-46-94(122-92)116(79-55-73(111(19,20)21)49-74(56-79)112(22,23)24,80-57-75(113(25,26)27)50-76(58-80)114(28,29)30)96-64-88-86-62-84(60-82-40-42-90(97)118-82)120-102(86)99(101(85)119-83)100(103(87)123-95)104(88)124-96/h31-64,117,120-121,124H,1-30H3/b81-59?,82-60?,83-59?,84-60?,97-89?,97-90?,98-92-. The van der Waals surface area contributed by atoms with Gasteiger partial charge in [0.1, 0.15) is 10.8 Å². The van der Waals surface area contributed by atoms with Crippen LogP contribution in [0.4, 0.5) is 0 Å². The number of aromatic amines is 4. The first kappa shape index (κ1) is 83.7. The molecule has 0 spiro atoms. The van der Waals surface area contributed by atoms with E-state index in [9.17, 15) is 0 Å². The molecule has 8 aromatic carbocycles. The van der Waals surface area contributed by atoms with E-state index < -0.39 is 10.8 Å². The number of nitrogens with zero attached hydrogens (tertiary/aromatic N) is 4. The summed E-state index contributed by atoms with van der Waals surface area (Å²) in [6.45, 7) is 70.7. The van der Waals surface area contributed by atoms with E-state index in [2.05, 4.69) is 434 Å². The average Bonchev–Trinajstić information content (AvgIpc) is 1.51. The van der Waals surface area contributed by atoms with Crippen molar-refractivity contribution in [2.24, 2.45) is 9.98 Å². The van der Waals surface area contributed by atoms with Crippen LogP contribution in [0.3, 0.4) is 0 Å². The Balaban J connectivity index is 1.12. The van der Waals surface area contributed by atoms with Crippen LogP contribution in [-0.2, 0) is 65.0 Å². The van der Waals surface area contributed by atoms with E-state index >= 15 is 0 Å². The molecule has 16 bridgehead atoms. The van der Waals surface area contributed by atoms with Gasteiger partial charge in [0.05, 0.1) is 55.9 Å². The Labute approximate surface area is 736 Å². The second kappa shape index (κ2) is 27.6. The summed E-state index contributed by atoms with van der Waals surface area (Å²) in [6, 6.07) is 69.7. The van der Waals surface area contributed by atoms with Crippen LogP contribution in [0.25, 0.3) is 100 Å². The summed E-state index contributed by atoms with van der Waals surface area (Å²) < 4.78 is 0.